The van der Waals surface area contributed by atoms with Crippen LogP contribution >= 0.6 is 11.3 Å². The predicted molar refractivity (Wildman–Crippen MR) is 101 cm³/mol. The standard InChI is InChI=1S/C21H20O2S/c1-22-19-8-3-16(4-9-19)5-12-21(18-13-14-24-15-18)17-6-10-20(23-2)11-7-17/h3-15,21H,1-2H3/b12-5+. The van der Waals surface area contributed by atoms with Crippen molar-refractivity contribution in [2.24, 2.45) is 0 Å². The Hall–Kier alpha value is -2.52. The molecule has 1 unspecified atom stereocenters. The van der Waals surface area contributed by atoms with Crippen molar-refractivity contribution < 1.29 is 9.47 Å². The number of methoxy groups -OCH3 is 2. The molecule has 0 N–H and O–H groups in total. The molecule has 0 amide bonds. The summed E-state index contributed by atoms with van der Waals surface area (Å²) >= 11 is 1.72. The molecule has 2 nitrogen and oxygen atoms in total. The maximum Gasteiger partial charge on any atom is 0.118 e. The third-order valence-electron chi connectivity index (χ3n) is 3.97. The molecule has 0 aliphatic carbocycles. The van der Waals surface area contributed by atoms with Crippen molar-refractivity contribution in [3.63, 3.8) is 0 Å². The zero-order valence-corrected chi connectivity index (χ0v) is 14.6. The molecule has 122 valence electrons. The van der Waals surface area contributed by atoms with Gasteiger partial charge in [0.25, 0.3) is 0 Å². The molecule has 1 atom stereocenters. The van der Waals surface area contributed by atoms with Crippen molar-refractivity contribution in [1.82, 2.24) is 0 Å². The quantitative estimate of drug-likeness (QED) is 0.582. The summed E-state index contributed by atoms with van der Waals surface area (Å²) in [5.41, 5.74) is 3.71. The molecule has 1 heterocycles. The van der Waals surface area contributed by atoms with Crippen molar-refractivity contribution in [2.45, 2.75) is 5.92 Å². The van der Waals surface area contributed by atoms with E-state index in [0.29, 0.717) is 0 Å². The Labute approximate surface area is 147 Å². The van der Waals surface area contributed by atoms with Gasteiger partial charge in [-0.3, -0.25) is 0 Å². The fourth-order valence-electron chi connectivity index (χ4n) is 2.60. The average Bonchev–Trinajstić information content (AvgIpc) is 3.17. The molecular formula is C21H20O2S. The number of allylic oxidation sites excluding steroid dienone is 1. The summed E-state index contributed by atoms with van der Waals surface area (Å²) < 4.78 is 10.5. The maximum atomic E-state index is 5.26. The summed E-state index contributed by atoms with van der Waals surface area (Å²) in [7, 11) is 3.37. The molecule has 0 aliphatic rings. The van der Waals surface area contributed by atoms with Crippen molar-refractivity contribution in [1.29, 1.82) is 0 Å². The van der Waals surface area contributed by atoms with Gasteiger partial charge in [-0.25, -0.2) is 0 Å². The Kier molecular flexibility index (Phi) is 5.34. The molecule has 24 heavy (non-hydrogen) atoms. The van der Waals surface area contributed by atoms with Gasteiger partial charge < -0.3 is 9.47 Å². The van der Waals surface area contributed by atoms with Crippen LogP contribution in [0.15, 0.2) is 71.4 Å². The van der Waals surface area contributed by atoms with Crippen LogP contribution in [0.25, 0.3) is 6.08 Å². The van der Waals surface area contributed by atoms with E-state index >= 15 is 0 Å². The van der Waals surface area contributed by atoms with Crippen LogP contribution in [0.4, 0.5) is 0 Å². The number of benzene rings is 2. The summed E-state index contributed by atoms with van der Waals surface area (Å²) in [6, 6.07) is 18.5. The predicted octanol–water partition coefficient (Wildman–Crippen LogP) is 5.61. The van der Waals surface area contributed by atoms with Crippen molar-refractivity contribution >= 4 is 17.4 Å². The highest BCUT2D eigenvalue weighted by Crippen LogP contribution is 2.30. The highest BCUT2D eigenvalue weighted by Gasteiger charge is 2.11. The largest absolute Gasteiger partial charge is 0.497 e. The Morgan fingerprint density at radius 2 is 1.42 bits per heavy atom. The monoisotopic (exact) mass is 336 g/mol. The molecule has 1 aromatic heterocycles. The fourth-order valence-corrected chi connectivity index (χ4v) is 3.30. The number of thiophene rings is 1. The normalized spacial score (nSPS) is 12.2. The van der Waals surface area contributed by atoms with Crippen LogP contribution < -0.4 is 9.47 Å². The van der Waals surface area contributed by atoms with Gasteiger partial charge in [-0.15, -0.1) is 0 Å². The molecule has 0 fully saturated rings. The molecule has 0 aliphatic heterocycles. The first-order valence-corrected chi connectivity index (χ1v) is 8.73. The van der Waals surface area contributed by atoms with Gasteiger partial charge in [0.1, 0.15) is 11.5 Å². The number of ether oxygens (including phenoxy) is 2. The fraction of sp³-hybridized carbons (Fsp3) is 0.143. The minimum absolute atomic E-state index is 0.226. The van der Waals surface area contributed by atoms with Crippen LogP contribution in [-0.4, -0.2) is 14.2 Å². The molecule has 0 saturated carbocycles. The molecule has 3 aromatic rings. The summed E-state index contributed by atoms with van der Waals surface area (Å²) in [5, 5.41) is 4.32. The third-order valence-corrected chi connectivity index (χ3v) is 4.68. The van der Waals surface area contributed by atoms with Gasteiger partial charge in [0, 0.05) is 5.92 Å². The highest BCUT2D eigenvalue weighted by atomic mass is 32.1. The van der Waals surface area contributed by atoms with E-state index in [2.05, 4.69) is 53.2 Å². The van der Waals surface area contributed by atoms with Crippen LogP contribution in [0.3, 0.4) is 0 Å². The first kappa shape index (κ1) is 16.3. The van der Waals surface area contributed by atoms with E-state index in [9.17, 15) is 0 Å². The summed E-state index contributed by atoms with van der Waals surface area (Å²) in [4.78, 5) is 0. The third kappa shape index (κ3) is 3.87. The van der Waals surface area contributed by atoms with Gasteiger partial charge in [-0.05, 0) is 57.8 Å². The first-order valence-electron chi connectivity index (χ1n) is 7.78. The number of hydrogen-bond acceptors (Lipinski definition) is 3. The number of rotatable bonds is 6. The SMILES string of the molecule is COc1ccc(/C=C/C(c2ccc(OC)cc2)c2ccsc2)cc1. The second-order valence-electron chi connectivity index (χ2n) is 5.44. The first-order chi connectivity index (χ1) is 11.8. The maximum absolute atomic E-state index is 5.26. The van der Waals surface area contributed by atoms with Gasteiger partial charge >= 0.3 is 0 Å². The molecule has 0 radical (unpaired) electrons. The number of hydrogen-bond donors (Lipinski definition) is 0. The molecular weight excluding hydrogens is 316 g/mol. The molecule has 2 aromatic carbocycles. The minimum Gasteiger partial charge on any atom is -0.497 e. The van der Waals surface area contributed by atoms with Crippen LogP contribution in [0, 0.1) is 0 Å². The highest BCUT2D eigenvalue weighted by molar-refractivity contribution is 7.08. The van der Waals surface area contributed by atoms with E-state index in [-0.39, 0.29) is 5.92 Å². The smallest absolute Gasteiger partial charge is 0.118 e. The molecule has 0 spiro atoms. The lowest BCUT2D eigenvalue weighted by Gasteiger charge is -2.13. The lowest BCUT2D eigenvalue weighted by molar-refractivity contribution is 0.414. The molecule has 0 bridgehead atoms. The second kappa shape index (κ2) is 7.84. The second-order valence-corrected chi connectivity index (χ2v) is 6.22. The van der Waals surface area contributed by atoms with Crippen LogP contribution in [0.1, 0.15) is 22.6 Å². The van der Waals surface area contributed by atoms with E-state index in [0.717, 1.165) is 17.1 Å². The topological polar surface area (TPSA) is 18.5 Å². The molecule has 0 saturated heterocycles. The van der Waals surface area contributed by atoms with E-state index < -0.39 is 0 Å². The van der Waals surface area contributed by atoms with Gasteiger partial charge in [-0.1, -0.05) is 36.4 Å². The van der Waals surface area contributed by atoms with E-state index in [4.69, 9.17) is 9.47 Å². The lowest BCUT2D eigenvalue weighted by Crippen LogP contribution is -1.96. The summed E-state index contributed by atoms with van der Waals surface area (Å²) in [6.45, 7) is 0. The van der Waals surface area contributed by atoms with Crippen LogP contribution in [-0.2, 0) is 0 Å². The molecule has 3 heteroatoms. The van der Waals surface area contributed by atoms with E-state index in [1.807, 2.05) is 24.3 Å². The van der Waals surface area contributed by atoms with E-state index in [1.165, 1.54) is 11.1 Å². The van der Waals surface area contributed by atoms with Gasteiger partial charge in [0.15, 0.2) is 0 Å². The van der Waals surface area contributed by atoms with Gasteiger partial charge in [0.05, 0.1) is 14.2 Å². The Morgan fingerprint density at radius 1 is 0.792 bits per heavy atom. The lowest BCUT2D eigenvalue weighted by atomic mass is 9.92. The Morgan fingerprint density at radius 3 is 1.96 bits per heavy atom. The zero-order chi connectivity index (χ0) is 16.8. The Balaban J connectivity index is 1.88. The van der Waals surface area contributed by atoms with E-state index in [1.54, 1.807) is 25.6 Å². The van der Waals surface area contributed by atoms with Gasteiger partial charge in [0.2, 0.25) is 0 Å². The van der Waals surface area contributed by atoms with Crippen molar-refractivity contribution in [3.05, 3.63) is 88.1 Å². The van der Waals surface area contributed by atoms with Crippen molar-refractivity contribution in [2.75, 3.05) is 14.2 Å². The van der Waals surface area contributed by atoms with Crippen molar-refractivity contribution in [3.8, 4) is 11.5 Å². The van der Waals surface area contributed by atoms with Gasteiger partial charge in [-0.2, -0.15) is 11.3 Å². The van der Waals surface area contributed by atoms with Crippen LogP contribution in [0.2, 0.25) is 0 Å². The minimum atomic E-state index is 0.226. The Bertz CT molecular complexity index is 772. The zero-order valence-electron chi connectivity index (χ0n) is 13.8. The summed E-state index contributed by atoms with van der Waals surface area (Å²) in [5.74, 6) is 1.97. The van der Waals surface area contributed by atoms with Crippen LogP contribution in [0.5, 0.6) is 11.5 Å². The molecule has 3 rings (SSSR count). The average molecular weight is 336 g/mol. The summed E-state index contributed by atoms with van der Waals surface area (Å²) in [6.07, 6.45) is 4.40.